The molecule has 3 atom stereocenters. The van der Waals surface area contributed by atoms with Crippen LogP contribution in [-0.2, 0) is 25.5 Å². The second-order valence-corrected chi connectivity index (χ2v) is 12.4. The van der Waals surface area contributed by atoms with Gasteiger partial charge in [0.05, 0.1) is 7.11 Å². The minimum Gasteiger partial charge on any atom is -0.664 e. The van der Waals surface area contributed by atoms with E-state index in [9.17, 15) is 19.2 Å². The molecule has 3 aromatic rings. The number of rotatable bonds is 9. The molecule has 0 saturated carbocycles. The molecule has 0 amide bonds. The maximum atomic E-state index is 14.1. The average Bonchev–Trinajstić information content (AvgIpc) is 3.84. The van der Waals surface area contributed by atoms with Gasteiger partial charge in [0.15, 0.2) is 5.78 Å². The van der Waals surface area contributed by atoms with Crippen LogP contribution in [0.3, 0.4) is 0 Å². The van der Waals surface area contributed by atoms with E-state index in [1.165, 1.54) is 7.11 Å². The van der Waals surface area contributed by atoms with Crippen molar-refractivity contribution in [3.63, 3.8) is 0 Å². The fourth-order valence-electron chi connectivity index (χ4n) is 7.07. The van der Waals surface area contributed by atoms with Crippen molar-refractivity contribution in [3.05, 3.63) is 109 Å². The molecule has 1 fully saturated rings. The first-order valence-corrected chi connectivity index (χ1v) is 16.2. The van der Waals surface area contributed by atoms with Gasteiger partial charge in [0.25, 0.3) is 0 Å². The molecular weight excluding hydrogens is 645 g/mol. The monoisotopic (exact) mass is 681 g/mol. The number of aldehydes is 1. The summed E-state index contributed by atoms with van der Waals surface area (Å²) in [4.78, 5) is 67.3. The van der Waals surface area contributed by atoms with Crippen molar-refractivity contribution in [3.8, 4) is 0 Å². The Labute approximate surface area is 307 Å². The number of esters is 2. The molecule has 50 heavy (non-hydrogen) atoms. The predicted molar refractivity (Wildman–Crippen MR) is 191 cm³/mol. The summed E-state index contributed by atoms with van der Waals surface area (Å²) in [6.07, 6.45) is 12.2. The topological polar surface area (TPSA) is 143 Å². The van der Waals surface area contributed by atoms with E-state index in [1.54, 1.807) is 31.2 Å². The summed E-state index contributed by atoms with van der Waals surface area (Å²) in [7, 11) is 1.25. The number of methoxy groups -OCH3 is 1. The maximum absolute atomic E-state index is 14.1. The zero-order valence-electron chi connectivity index (χ0n) is 29.0. The SMILES string of the molecule is C=Cc1c2[n-]c(c1C)/C=C1\[N-]/C(=C3\c4[n-]c(c(C)c4C(=O)[C@@H]3C(=O)OC)/C=c3\[n-]/c(c(C=O)c3C[CH2-])=C\2)[C@@H](CCC(=O)OC/C=C\C)[C@@H]1C.[Mg+2]. The number of fused-ring (bicyclic) bond motifs is 7. The molecule has 1 saturated heterocycles. The second kappa shape index (κ2) is 14.7. The van der Waals surface area contributed by atoms with Crippen molar-refractivity contribution in [1.29, 1.82) is 0 Å². The summed E-state index contributed by atoms with van der Waals surface area (Å²) >= 11 is 0. The number of Topliss-reactive ketones (excluding diaryl/α,β-unsaturated/α-hetero) is 1. The Morgan fingerprint density at radius 1 is 1.02 bits per heavy atom. The standard InChI is InChI=1S/C39H38N4O6.Mg/c1-8-11-14-49-32(45)13-12-24-20(5)27-15-26-19(4)22(9-2)29(40-26)17-31-25(18-44)23(10-3)30(41-31)16-28-21(6)33-37(43-28)34(36(24)42-27)35(38(33)46)39(47)48-7;/h8-9,11,15-18,20,24,35H,2-3,10,12-14H2,1,4-7H3,(H-,42,43,44,46);/q-4;+2/p-1/b11-8-,27-15-,31-17-;/t20-,24-,35+;/m0./s1. The molecule has 10 nitrogen and oxygen atoms in total. The van der Waals surface area contributed by atoms with E-state index < -0.39 is 17.7 Å². The van der Waals surface area contributed by atoms with E-state index in [4.69, 9.17) is 29.7 Å². The number of carbonyl (C=O) groups excluding carboxylic acids is 4. The Hall–Kier alpha value is -4.61. The molecule has 8 bridgehead atoms. The first-order chi connectivity index (χ1) is 23.6. The normalized spacial score (nSPS) is 22.8. The summed E-state index contributed by atoms with van der Waals surface area (Å²) in [5, 5.41) is 6.04. The molecule has 254 valence electrons. The predicted octanol–water partition coefficient (Wildman–Crippen LogP) is 3.87. The average molecular weight is 682 g/mol. The van der Waals surface area contributed by atoms with Gasteiger partial charge in [-0.3, -0.25) is 19.2 Å². The first-order valence-electron chi connectivity index (χ1n) is 16.2. The van der Waals surface area contributed by atoms with E-state index >= 15 is 0 Å². The van der Waals surface area contributed by atoms with E-state index in [0.29, 0.717) is 79.1 Å². The molecular formula is C39H37MgN4O6-3. The van der Waals surface area contributed by atoms with Crippen molar-refractivity contribution in [2.24, 2.45) is 17.8 Å². The van der Waals surface area contributed by atoms with Gasteiger partial charge in [-0.1, -0.05) is 72.2 Å². The number of ether oxygens (including phenoxy) is 2. The number of carbonyl (C=O) groups is 4. The van der Waals surface area contributed by atoms with Gasteiger partial charge in [0, 0.05) is 12.0 Å². The van der Waals surface area contributed by atoms with Crippen LogP contribution in [0.1, 0.15) is 92.4 Å². The number of ketones is 1. The van der Waals surface area contributed by atoms with Crippen LogP contribution in [0, 0.1) is 38.5 Å². The molecule has 0 spiro atoms. The van der Waals surface area contributed by atoms with Crippen LogP contribution in [0.15, 0.2) is 30.1 Å². The Morgan fingerprint density at radius 2 is 1.74 bits per heavy atom. The number of aromatic nitrogens is 3. The van der Waals surface area contributed by atoms with Crippen LogP contribution in [0.25, 0.3) is 35.2 Å². The zero-order valence-corrected chi connectivity index (χ0v) is 30.4. The number of nitrogens with zero attached hydrogens (tertiary/aromatic N) is 4. The molecule has 0 radical (unpaired) electrons. The number of hydrogen-bond donors (Lipinski definition) is 0. The van der Waals surface area contributed by atoms with Gasteiger partial charge in [-0.05, 0) is 50.2 Å². The molecule has 0 N–H and O–H groups in total. The van der Waals surface area contributed by atoms with Gasteiger partial charge in [-0.25, -0.2) is 0 Å². The van der Waals surface area contributed by atoms with Crippen molar-refractivity contribution >= 4 is 76.9 Å². The maximum Gasteiger partial charge on any atom is 2.00 e. The van der Waals surface area contributed by atoms with Gasteiger partial charge in [0.1, 0.15) is 18.8 Å². The fourth-order valence-corrected chi connectivity index (χ4v) is 7.07. The van der Waals surface area contributed by atoms with Crippen LogP contribution >= 0.6 is 0 Å². The molecule has 11 heteroatoms. The van der Waals surface area contributed by atoms with Gasteiger partial charge in [-0.2, -0.15) is 17.8 Å². The minimum absolute atomic E-state index is 0. The molecule has 6 rings (SSSR count). The molecule has 1 aliphatic carbocycles. The summed E-state index contributed by atoms with van der Waals surface area (Å²) in [5.41, 5.74) is 7.21. The van der Waals surface area contributed by atoms with Crippen LogP contribution in [0.2, 0.25) is 0 Å². The van der Waals surface area contributed by atoms with Gasteiger partial charge < -0.3 is 36.7 Å². The van der Waals surface area contributed by atoms with Gasteiger partial charge in [0.2, 0.25) is 0 Å². The van der Waals surface area contributed by atoms with Crippen molar-refractivity contribution in [2.75, 3.05) is 13.7 Å². The fraction of sp³-hybridized carbons (Fsp3) is 0.308. The molecule has 3 aliphatic rings. The van der Waals surface area contributed by atoms with Crippen LogP contribution in [-0.4, -0.2) is 60.8 Å². The van der Waals surface area contributed by atoms with E-state index in [-0.39, 0.29) is 60.3 Å². The molecule has 0 unspecified atom stereocenters. The Kier molecular flexibility index (Phi) is 10.8. The first kappa shape index (κ1) is 36.7. The third-order valence-corrected chi connectivity index (χ3v) is 9.76. The third-order valence-electron chi connectivity index (χ3n) is 9.76. The summed E-state index contributed by atoms with van der Waals surface area (Å²) in [6, 6.07) is 0. The van der Waals surface area contributed by atoms with E-state index in [1.807, 2.05) is 32.9 Å². The molecule has 3 aromatic heterocycles. The number of allylic oxidation sites excluding steroid dienone is 3. The minimum atomic E-state index is -1.27. The van der Waals surface area contributed by atoms with E-state index in [0.717, 1.165) is 17.4 Å². The van der Waals surface area contributed by atoms with E-state index in [2.05, 4.69) is 13.5 Å². The quantitative estimate of drug-likeness (QED) is 0.0821. The van der Waals surface area contributed by atoms with Gasteiger partial charge >= 0.3 is 35.0 Å². The third kappa shape index (κ3) is 6.06. The van der Waals surface area contributed by atoms with Crippen LogP contribution in [0.5, 0.6) is 0 Å². The summed E-state index contributed by atoms with van der Waals surface area (Å²) in [6.45, 7) is 15.8. The van der Waals surface area contributed by atoms with Crippen molar-refractivity contribution in [1.82, 2.24) is 15.0 Å². The number of hydrogen-bond acceptors (Lipinski definition) is 6. The van der Waals surface area contributed by atoms with Crippen molar-refractivity contribution in [2.45, 2.75) is 47.0 Å². The van der Waals surface area contributed by atoms with Crippen molar-refractivity contribution < 1.29 is 28.7 Å². The summed E-state index contributed by atoms with van der Waals surface area (Å²) < 4.78 is 10.5. The van der Waals surface area contributed by atoms with Crippen LogP contribution in [0.4, 0.5) is 0 Å². The smallest absolute Gasteiger partial charge is 0.664 e. The largest absolute Gasteiger partial charge is 2.00 e. The molecule has 5 heterocycles. The van der Waals surface area contributed by atoms with Gasteiger partial charge in [-0.15, -0.1) is 33.5 Å². The molecule has 0 aromatic carbocycles. The zero-order chi connectivity index (χ0) is 35.1. The Balaban J connectivity index is 0.00000486. The Morgan fingerprint density at radius 3 is 2.40 bits per heavy atom. The Bertz CT molecular complexity index is 2140. The summed E-state index contributed by atoms with van der Waals surface area (Å²) in [5.74, 6) is -3.35. The second-order valence-electron chi connectivity index (χ2n) is 12.4. The van der Waals surface area contributed by atoms with Crippen LogP contribution < -0.4 is 25.7 Å². The molecule has 2 aliphatic heterocycles.